The minimum absolute atomic E-state index is 0.797. The van der Waals surface area contributed by atoms with Crippen LogP contribution in [0.15, 0.2) is 48.2 Å². The Bertz CT molecular complexity index is 617. The number of pyridine rings is 1. The van der Waals surface area contributed by atoms with Crippen molar-refractivity contribution in [3.05, 3.63) is 58.8 Å². The monoisotopic (exact) mass is 287 g/mol. The number of hydrogen-bond donors (Lipinski definition) is 1. The van der Waals surface area contributed by atoms with E-state index in [0.29, 0.717) is 0 Å². The smallest absolute Gasteiger partial charge is 0.107 e. The van der Waals surface area contributed by atoms with Gasteiger partial charge in [-0.3, -0.25) is 4.98 Å². The molecule has 3 rings (SSSR count). The Kier molecular flexibility index (Phi) is 3.98. The Hall–Kier alpha value is -1.56. The molecule has 0 saturated heterocycles. The molecule has 0 fully saturated rings. The molecule has 0 aliphatic heterocycles. The first kappa shape index (κ1) is 12.5. The van der Waals surface area contributed by atoms with E-state index in [9.17, 15) is 0 Å². The van der Waals surface area contributed by atoms with Gasteiger partial charge in [0.2, 0.25) is 0 Å². The number of nitrogens with one attached hydrogen (secondary N) is 1. The van der Waals surface area contributed by atoms with Crippen molar-refractivity contribution in [2.24, 2.45) is 0 Å². The van der Waals surface area contributed by atoms with Crippen LogP contribution in [-0.2, 0) is 13.1 Å². The minimum atomic E-state index is 0.797. The van der Waals surface area contributed by atoms with E-state index in [-0.39, 0.29) is 0 Å². The number of rotatable bonds is 5. The number of aromatic nitrogens is 2. The lowest BCUT2D eigenvalue weighted by molar-refractivity contribution is 0.688. The maximum atomic E-state index is 4.45. The summed E-state index contributed by atoms with van der Waals surface area (Å²) in [7, 11) is 0. The maximum Gasteiger partial charge on any atom is 0.107 e. The van der Waals surface area contributed by atoms with E-state index in [4.69, 9.17) is 0 Å². The zero-order valence-electron chi connectivity index (χ0n) is 10.2. The summed E-state index contributed by atoms with van der Waals surface area (Å²) >= 11 is 3.50. The highest BCUT2D eigenvalue weighted by Crippen LogP contribution is 2.29. The minimum Gasteiger partial charge on any atom is -0.306 e. The summed E-state index contributed by atoms with van der Waals surface area (Å²) in [6.07, 6.45) is 5.63. The van der Waals surface area contributed by atoms with Crippen molar-refractivity contribution in [3.63, 3.8) is 0 Å². The van der Waals surface area contributed by atoms with E-state index in [2.05, 4.69) is 38.9 Å². The van der Waals surface area contributed by atoms with Crippen LogP contribution in [-0.4, -0.2) is 9.97 Å². The highest BCUT2D eigenvalue weighted by atomic mass is 32.1. The first-order chi connectivity index (χ1) is 9.42. The van der Waals surface area contributed by atoms with Gasteiger partial charge in [0.25, 0.3) is 0 Å². The van der Waals surface area contributed by atoms with Gasteiger partial charge in [-0.15, -0.1) is 22.7 Å². The van der Waals surface area contributed by atoms with E-state index in [1.165, 1.54) is 15.3 Å². The van der Waals surface area contributed by atoms with Crippen LogP contribution in [0.1, 0.15) is 10.6 Å². The van der Waals surface area contributed by atoms with Crippen molar-refractivity contribution in [1.82, 2.24) is 15.3 Å². The molecule has 1 N–H and O–H groups in total. The predicted molar refractivity (Wildman–Crippen MR) is 80.2 cm³/mol. The van der Waals surface area contributed by atoms with Crippen LogP contribution in [0.5, 0.6) is 0 Å². The molecule has 5 heteroatoms. The average Bonchev–Trinajstić information content (AvgIpc) is 3.10. The average molecular weight is 287 g/mol. The molecule has 0 aliphatic rings. The predicted octanol–water partition coefficient (Wildman–Crippen LogP) is 3.56. The topological polar surface area (TPSA) is 37.8 Å². The third-order valence-electron chi connectivity index (χ3n) is 2.65. The van der Waals surface area contributed by atoms with Crippen molar-refractivity contribution in [3.8, 4) is 9.75 Å². The summed E-state index contributed by atoms with van der Waals surface area (Å²) < 4.78 is 0. The lowest BCUT2D eigenvalue weighted by Crippen LogP contribution is -2.12. The second kappa shape index (κ2) is 6.06. The fourth-order valence-electron chi connectivity index (χ4n) is 1.74. The highest BCUT2D eigenvalue weighted by molar-refractivity contribution is 7.21. The number of thiazole rings is 1. The first-order valence-electron chi connectivity index (χ1n) is 6.00. The maximum absolute atomic E-state index is 4.45. The normalized spacial score (nSPS) is 10.7. The lowest BCUT2D eigenvalue weighted by atomic mass is 10.3. The molecule has 19 heavy (non-hydrogen) atoms. The van der Waals surface area contributed by atoms with Gasteiger partial charge in [-0.2, -0.15) is 0 Å². The van der Waals surface area contributed by atoms with Crippen molar-refractivity contribution in [1.29, 1.82) is 0 Å². The van der Waals surface area contributed by atoms with Gasteiger partial charge in [0, 0.05) is 36.6 Å². The van der Waals surface area contributed by atoms with Gasteiger partial charge in [-0.1, -0.05) is 12.1 Å². The summed E-state index contributed by atoms with van der Waals surface area (Å²) in [5, 5.41) is 6.60. The van der Waals surface area contributed by atoms with Crippen molar-refractivity contribution in [2.45, 2.75) is 13.1 Å². The third-order valence-corrected chi connectivity index (χ3v) is 4.71. The standard InChI is InChI=1S/C14H13N3S2/c1-3-11(7-15-5-1)8-16-10-14-17-9-13(19-14)12-4-2-6-18-12/h1-7,9,16H,8,10H2. The molecular weight excluding hydrogens is 274 g/mol. The molecule has 0 bridgehead atoms. The molecule has 96 valence electrons. The Labute approximate surface area is 120 Å². The van der Waals surface area contributed by atoms with E-state index >= 15 is 0 Å². The van der Waals surface area contributed by atoms with Gasteiger partial charge in [-0.25, -0.2) is 4.98 Å². The van der Waals surface area contributed by atoms with Gasteiger partial charge >= 0.3 is 0 Å². The fourth-order valence-corrected chi connectivity index (χ4v) is 3.45. The second-order valence-electron chi connectivity index (χ2n) is 4.06. The van der Waals surface area contributed by atoms with E-state index < -0.39 is 0 Å². The van der Waals surface area contributed by atoms with Gasteiger partial charge in [0.15, 0.2) is 0 Å². The molecule has 0 radical (unpaired) electrons. The molecule has 0 aliphatic carbocycles. The van der Waals surface area contributed by atoms with Crippen LogP contribution in [0.25, 0.3) is 9.75 Å². The van der Waals surface area contributed by atoms with Crippen LogP contribution >= 0.6 is 22.7 Å². The zero-order chi connectivity index (χ0) is 12.9. The Balaban J connectivity index is 1.56. The first-order valence-corrected chi connectivity index (χ1v) is 7.69. The molecule has 0 atom stereocenters. The lowest BCUT2D eigenvalue weighted by Gasteiger charge is -2.01. The van der Waals surface area contributed by atoms with Crippen molar-refractivity contribution >= 4 is 22.7 Å². The van der Waals surface area contributed by atoms with Crippen LogP contribution < -0.4 is 5.32 Å². The molecule has 0 saturated carbocycles. The number of thiophene rings is 1. The highest BCUT2D eigenvalue weighted by Gasteiger charge is 2.04. The molecule has 0 amide bonds. The number of hydrogen-bond acceptors (Lipinski definition) is 5. The molecule has 3 aromatic rings. The summed E-state index contributed by atoms with van der Waals surface area (Å²) in [5.41, 5.74) is 1.19. The largest absolute Gasteiger partial charge is 0.306 e. The Morgan fingerprint density at radius 3 is 2.84 bits per heavy atom. The van der Waals surface area contributed by atoms with Crippen LogP contribution in [0.4, 0.5) is 0 Å². The third kappa shape index (κ3) is 3.26. The second-order valence-corrected chi connectivity index (χ2v) is 6.12. The summed E-state index contributed by atoms with van der Waals surface area (Å²) in [4.78, 5) is 11.1. The molecular formula is C14H13N3S2. The number of nitrogens with zero attached hydrogens (tertiary/aromatic N) is 2. The van der Waals surface area contributed by atoms with Crippen molar-refractivity contribution < 1.29 is 0 Å². The van der Waals surface area contributed by atoms with E-state index in [1.54, 1.807) is 28.9 Å². The Morgan fingerprint density at radius 2 is 2.05 bits per heavy atom. The van der Waals surface area contributed by atoms with Gasteiger partial charge in [-0.05, 0) is 23.1 Å². The molecule has 0 aromatic carbocycles. The molecule has 3 heterocycles. The molecule has 0 unspecified atom stereocenters. The van der Waals surface area contributed by atoms with Crippen LogP contribution in [0.2, 0.25) is 0 Å². The summed E-state index contributed by atoms with van der Waals surface area (Å²) in [6, 6.07) is 8.22. The molecule has 3 nitrogen and oxygen atoms in total. The van der Waals surface area contributed by atoms with Crippen LogP contribution in [0.3, 0.4) is 0 Å². The van der Waals surface area contributed by atoms with Crippen LogP contribution in [0, 0.1) is 0 Å². The van der Waals surface area contributed by atoms with Crippen molar-refractivity contribution in [2.75, 3.05) is 0 Å². The van der Waals surface area contributed by atoms with Gasteiger partial charge in [0.05, 0.1) is 4.88 Å². The zero-order valence-corrected chi connectivity index (χ0v) is 11.9. The van der Waals surface area contributed by atoms with Gasteiger partial charge in [0.1, 0.15) is 5.01 Å². The van der Waals surface area contributed by atoms with E-state index in [0.717, 1.165) is 18.1 Å². The van der Waals surface area contributed by atoms with Gasteiger partial charge < -0.3 is 5.32 Å². The Morgan fingerprint density at radius 1 is 1.05 bits per heavy atom. The molecule has 0 spiro atoms. The SMILES string of the molecule is c1cncc(CNCc2ncc(-c3cccs3)s2)c1. The fraction of sp³-hybridized carbons (Fsp3) is 0.143. The summed E-state index contributed by atoms with van der Waals surface area (Å²) in [5.74, 6) is 0. The van der Waals surface area contributed by atoms with E-state index in [1.807, 2.05) is 18.5 Å². The molecule has 3 aromatic heterocycles. The summed E-state index contributed by atoms with van der Waals surface area (Å²) in [6.45, 7) is 1.62. The quantitative estimate of drug-likeness (QED) is 0.779.